The van der Waals surface area contributed by atoms with E-state index in [1.807, 2.05) is 48.0 Å². The second-order valence-electron chi connectivity index (χ2n) is 8.01. The average Bonchev–Trinajstić information content (AvgIpc) is 3.23. The van der Waals surface area contributed by atoms with Gasteiger partial charge in [-0.15, -0.1) is 0 Å². The van der Waals surface area contributed by atoms with Gasteiger partial charge in [-0.05, 0) is 48.5 Å². The van der Waals surface area contributed by atoms with Crippen molar-refractivity contribution in [1.82, 2.24) is 14.5 Å². The van der Waals surface area contributed by atoms with Crippen LogP contribution in [0.3, 0.4) is 0 Å². The second-order valence-corrected chi connectivity index (χ2v) is 8.01. The first-order valence-corrected chi connectivity index (χ1v) is 10.8. The third-order valence-electron chi connectivity index (χ3n) is 5.72. The van der Waals surface area contributed by atoms with Crippen molar-refractivity contribution in [1.29, 1.82) is 0 Å². The number of carbonyl (C=O) groups is 2. The highest BCUT2D eigenvalue weighted by Crippen LogP contribution is 2.32. The third-order valence-corrected chi connectivity index (χ3v) is 5.72. The van der Waals surface area contributed by atoms with Gasteiger partial charge in [0.05, 0.1) is 41.2 Å². The summed E-state index contributed by atoms with van der Waals surface area (Å²) < 4.78 is 7.23. The molecule has 9 nitrogen and oxygen atoms in total. The number of aromatic nitrogens is 3. The number of primary amides is 1. The van der Waals surface area contributed by atoms with Crippen LogP contribution >= 0.6 is 0 Å². The Bertz CT molecular complexity index is 1610. The molecule has 2 heterocycles. The van der Waals surface area contributed by atoms with Crippen molar-refractivity contribution in [3.8, 4) is 5.75 Å². The molecular weight excluding hydrogens is 444 g/mol. The van der Waals surface area contributed by atoms with Crippen LogP contribution < -0.4 is 21.1 Å². The van der Waals surface area contributed by atoms with Gasteiger partial charge < -0.3 is 25.7 Å². The molecule has 0 aliphatic rings. The number of nitrogens with one attached hydrogen (secondary N) is 2. The fraction of sp³-hybridized carbons (Fsp3) is 0.0769. The van der Waals surface area contributed by atoms with Crippen molar-refractivity contribution in [3.05, 3.63) is 84.3 Å². The number of nitrogens with zero attached hydrogens (tertiary/aromatic N) is 3. The normalized spacial score (nSPS) is 10.9. The van der Waals surface area contributed by atoms with E-state index in [1.54, 1.807) is 37.7 Å². The number of imidazole rings is 1. The van der Waals surface area contributed by atoms with Crippen LogP contribution in [0.15, 0.2) is 73.2 Å². The zero-order chi connectivity index (χ0) is 24.5. The molecule has 0 fully saturated rings. The number of rotatable bonds is 6. The fourth-order valence-corrected chi connectivity index (χ4v) is 3.91. The van der Waals surface area contributed by atoms with Crippen molar-refractivity contribution in [2.45, 2.75) is 0 Å². The maximum absolute atomic E-state index is 13.4. The molecule has 4 N–H and O–H groups in total. The van der Waals surface area contributed by atoms with Gasteiger partial charge in [0.15, 0.2) is 0 Å². The fourth-order valence-electron chi connectivity index (χ4n) is 3.91. The number of pyridine rings is 1. The van der Waals surface area contributed by atoms with Crippen molar-refractivity contribution in [2.24, 2.45) is 12.8 Å². The van der Waals surface area contributed by atoms with Gasteiger partial charge >= 0.3 is 0 Å². The SMILES string of the molecule is COc1cccc(Nc2c(C(=O)Nc3ccc4c(c3)ncn4C)cnc3ccc(C(N)=O)cc23)c1. The molecule has 0 aliphatic heterocycles. The Labute approximate surface area is 200 Å². The van der Waals surface area contributed by atoms with Gasteiger partial charge in [-0.3, -0.25) is 14.6 Å². The molecule has 5 aromatic rings. The first-order valence-electron chi connectivity index (χ1n) is 10.8. The molecule has 3 aromatic carbocycles. The summed E-state index contributed by atoms with van der Waals surface area (Å²) in [5.74, 6) is -0.289. The summed E-state index contributed by atoms with van der Waals surface area (Å²) in [6, 6.07) is 17.8. The van der Waals surface area contributed by atoms with E-state index < -0.39 is 5.91 Å². The highest BCUT2D eigenvalue weighted by atomic mass is 16.5. The van der Waals surface area contributed by atoms with E-state index >= 15 is 0 Å². The van der Waals surface area contributed by atoms with Crippen LogP contribution in [-0.4, -0.2) is 33.5 Å². The van der Waals surface area contributed by atoms with Gasteiger partial charge in [0.1, 0.15) is 5.75 Å². The number of fused-ring (bicyclic) bond motifs is 2. The molecule has 0 unspecified atom stereocenters. The van der Waals surface area contributed by atoms with Crippen molar-refractivity contribution in [3.63, 3.8) is 0 Å². The van der Waals surface area contributed by atoms with Gasteiger partial charge in [-0.25, -0.2) is 4.98 Å². The van der Waals surface area contributed by atoms with E-state index in [0.29, 0.717) is 44.8 Å². The first-order chi connectivity index (χ1) is 16.9. The predicted octanol–water partition coefficient (Wildman–Crippen LogP) is 4.22. The number of nitrogens with two attached hydrogens (primary N) is 1. The number of amides is 2. The average molecular weight is 467 g/mol. The van der Waals surface area contributed by atoms with Gasteiger partial charge in [0.25, 0.3) is 5.91 Å². The Hall–Kier alpha value is -4.92. The zero-order valence-corrected chi connectivity index (χ0v) is 19.1. The lowest BCUT2D eigenvalue weighted by molar-refractivity contribution is 0.0998. The van der Waals surface area contributed by atoms with Crippen molar-refractivity contribution in [2.75, 3.05) is 17.7 Å². The van der Waals surface area contributed by atoms with Crippen molar-refractivity contribution < 1.29 is 14.3 Å². The summed E-state index contributed by atoms with van der Waals surface area (Å²) >= 11 is 0. The number of hydrogen-bond donors (Lipinski definition) is 3. The molecule has 0 saturated carbocycles. The van der Waals surface area contributed by atoms with Crippen LogP contribution in [-0.2, 0) is 7.05 Å². The molecule has 2 amide bonds. The summed E-state index contributed by atoms with van der Waals surface area (Å²) in [6.45, 7) is 0. The minimum Gasteiger partial charge on any atom is -0.497 e. The maximum Gasteiger partial charge on any atom is 0.259 e. The van der Waals surface area contributed by atoms with Gasteiger partial charge in [0, 0.05) is 41.6 Å². The molecular formula is C26H22N6O3. The lowest BCUT2D eigenvalue weighted by Gasteiger charge is -2.16. The van der Waals surface area contributed by atoms with Crippen molar-refractivity contribution >= 4 is 50.8 Å². The Morgan fingerprint density at radius 3 is 2.63 bits per heavy atom. The van der Waals surface area contributed by atoms with E-state index in [2.05, 4.69) is 20.6 Å². The molecule has 35 heavy (non-hydrogen) atoms. The molecule has 0 spiro atoms. The number of anilines is 3. The maximum atomic E-state index is 13.4. The van der Waals surface area contributed by atoms with Crippen LogP contribution in [0, 0.1) is 0 Å². The summed E-state index contributed by atoms with van der Waals surface area (Å²) in [4.78, 5) is 34.1. The summed E-state index contributed by atoms with van der Waals surface area (Å²) in [5, 5.41) is 6.81. The summed E-state index contributed by atoms with van der Waals surface area (Å²) in [5.41, 5.74) is 10.2. The first kappa shape index (κ1) is 21.9. The van der Waals surface area contributed by atoms with Crippen LogP contribution in [0.5, 0.6) is 5.75 Å². The van der Waals surface area contributed by atoms with Gasteiger partial charge in [0.2, 0.25) is 5.91 Å². The second kappa shape index (κ2) is 8.79. The topological polar surface area (TPSA) is 124 Å². The Morgan fingerprint density at radius 1 is 0.971 bits per heavy atom. The highest BCUT2D eigenvalue weighted by Gasteiger charge is 2.18. The van der Waals surface area contributed by atoms with E-state index in [9.17, 15) is 9.59 Å². The summed E-state index contributed by atoms with van der Waals surface area (Å²) in [6.07, 6.45) is 3.22. The van der Waals surface area contributed by atoms with Crippen LogP contribution in [0.25, 0.3) is 21.9 Å². The molecule has 0 saturated heterocycles. The number of benzene rings is 3. The zero-order valence-electron chi connectivity index (χ0n) is 19.1. The third kappa shape index (κ3) is 4.22. The number of ether oxygens (including phenoxy) is 1. The van der Waals surface area contributed by atoms with Crippen LogP contribution in [0.1, 0.15) is 20.7 Å². The monoisotopic (exact) mass is 466 g/mol. The lowest BCUT2D eigenvalue weighted by Crippen LogP contribution is -2.15. The van der Waals surface area contributed by atoms with E-state index in [-0.39, 0.29) is 5.91 Å². The molecule has 0 atom stereocenters. The molecule has 5 rings (SSSR count). The van der Waals surface area contributed by atoms with Crippen LogP contribution in [0.2, 0.25) is 0 Å². The molecule has 9 heteroatoms. The Morgan fingerprint density at radius 2 is 1.83 bits per heavy atom. The Kier molecular flexibility index (Phi) is 5.50. The number of methoxy groups -OCH3 is 1. The van der Waals surface area contributed by atoms with Gasteiger partial charge in [-0.1, -0.05) is 6.07 Å². The predicted molar refractivity (Wildman–Crippen MR) is 135 cm³/mol. The Balaban J connectivity index is 1.59. The minimum atomic E-state index is -0.572. The molecule has 0 radical (unpaired) electrons. The summed E-state index contributed by atoms with van der Waals surface area (Å²) in [7, 11) is 3.49. The highest BCUT2D eigenvalue weighted by molar-refractivity contribution is 6.14. The molecule has 2 aromatic heterocycles. The molecule has 174 valence electrons. The van der Waals surface area contributed by atoms with E-state index in [4.69, 9.17) is 10.5 Å². The van der Waals surface area contributed by atoms with Gasteiger partial charge in [-0.2, -0.15) is 0 Å². The smallest absolute Gasteiger partial charge is 0.259 e. The quantitative estimate of drug-likeness (QED) is 0.344. The number of carbonyl (C=O) groups excluding carboxylic acids is 2. The molecule has 0 aliphatic carbocycles. The van der Waals surface area contributed by atoms with Crippen LogP contribution in [0.4, 0.5) is 17.1 Å². The standard InChI is InChI=1S/C26H22N6O3/c1-32-14-29-22-12-17(7-9-23(22)32)31-26(34)20-13-28-21-8-6-15(25(27)33)10-19(21)24(20)30-16-4-3-5-18(11-16)35-2/h3-14H,1-2H3,(H2,27,33)(H,28,30)(H,31,34). The lowest BCUT2D eigenvalue weighted by atomic mass is 10.0. The largest absolute Gasteiger partial charge is 0.497 e. The number of hydrogen-bond acceptors (Lipinski definition) is 6. The number of aryl methyl sites for hydroxylation is 1. The molecule has 0 bridgehead atoms. The van der Waals surface area contributed by atoms with E-state index in [1.165, 1.54) is 6.20 Å². The van der Waals surface area contributed by atoms with E-state index in [0.717, 1.165) is 11.0 Å². The minimum absolute atomic E-state index is 0.294.